The Balaban J connectivity index is 1.34. The van der Waals surface area contributed by atoms with E-state index in [4.69, 9.17) is 14.2 Å². The van der Waals surface area contributed by atoms with Crippen LogP contribution in [0.1, 0.15) is 125 Å². The van der Waals surface area contributed by atoms with Crippen LogP contribution < -0.4 is 10.6 Å². The number of carbonyl (C=O) groups excluding carboxylic acids is 3. The highest BCUT2D eigenvalue weighted by molar-refractivity contribution is 5.89. The van der Waals surface area contributed by atoms with Crippen LogP contribution in [0.25, 0.3) is 0 Å². The molecular weight excluding hydrogens is 596 g/mol. The van der Waals surface area contributed by atoms with E-state index in [1.807, 2.05) is 13.0 Å². The third-order valence-corrected chi connectivity index (χ3v) is 10.6. The Labute approximate surface area is 284 Å². The number of ketones is 1. The Bertz CT molecular complexity index is 1030. The summed E-state index contributed by atoms with van der Waals surface area (Å²) in [6.45, 7) is 14.4. The van der Waals surface area contributed by atoms with Crippen LogP contribution >= 0.6 is 0 Å². The standard InChI is InChI=1S/C38H64N2O7/c1-7-12-30(41)23-32-18-17-27(4)35(45-32)24-36(43)40-25-33(42)29(6)37(44)39-22-11-16-34-28(5)19-21-38(47-34)20-10-15-31(46-38)14-9-13-26(3)8-2/h7-8,12,26-29,31-35,42H,2,9-11,13-25H2,1,3-6H3,(H,39,44)(H,40,43)/b12-7+/t26-,27-,28-,29-,31+,32?,33-,34+,35-,38-/m0/s1. The third-order valence-electron chi connectivity index (χ3n) is 10.6. The molecule has 9 nitrogen and oxygen atoms in total. The molecule has 3 heterocycles. The zero-order valence-corrected chi connectivity index (χ0v) is 29.8. The van der Waals surface area contributed by atoms with E-state index >= 15 is 0 Å². The second-order valence-corrected chi connectivity index (χ2v) is 14.7. The van der Waals surface area contributed by atoms with Crippen LogP contribution in [0, 0.1) is 23.7 Å². The molecule has 0 aliphatic carbocycles. The predicted octanol–water partition coefficient (Wildman–Crippen LogP) is 6.18. The van der Waals surface area contributed by atoms with E-state index in [-0.39, 0.29) is 60.9 Å². The Morgan fingerprint density at radius 2 is 1.70 bits per heavy atom. The van der Waals surface area contributed by atoms with Gasteiger partial charge >= 0.3 is 0 Å². The maximum absolute atomic E-state index is 12.8. The lowest BCUT2D eigenvalue weighted by atomic mass is 9.85. The average molecular weight is 661 g/mol. The second kappa shape index (κ2) is 19.8. The van der Waals surface area contributed by atoms with E-state index in [0.29, 0.717) is 24.8 Å². The van der Waals surface area contributed by atoms with Gasteiger partial charge in [-0.05, 0) is 88.5 Å². The smallest absolute Gasteiger partial charge is 0.225 e. The van der Waals surface area contributed by atoms with Gasteiger partial charge in [-0.3, -0.25) is 14.4 Å². The molecule has 3 aliphatic rings. The molecule has 1 unspecified atom stereocenters. The van der Waals surface area contributed by atoms with Gasteiger partial charge in [0.1, 0.15) is 0 Å². The predicted molar refractivity (Wildman–Crippen MR) is 184 cm³/mol. The summed E-state index contributed by atoms with van der Waals surface area (Å²) in [5, 5.41) is 16.4. The van der Waals surface area contributed by atoms with Gasteiger partial charge in [0.2, 0.25) is 11.8 Å². The summed E-state index contributed by atoms with van der Waals surface area (Å²) >= 11 is 0. The highest BCUT2D eigenvalue weighted by Gasteiger charge is 2.44. The molecule has 268 valence electrons. The van der Waals surface area contributed by atoms with Crippen LogP contribution in [-0.4, -0.2) is 72.1 Å². The van der Waals surface area contributed by atoms with E-state index < -0.39 is 17.8 Å². The minimum atomic E-state index is -1.01. The van der Waals surface area contributed by atoms with Crippen molar-refractivity contribution in [3.63, 3.8) is 0 Å². The zero-order chi connectivity index (χ0) is 34.4. The first-order valence-corrected chi connectivity index (χ1v) is 18.5. The molecule has 3 rings (SSSR count). The summed E-state index contributed by atoms with van der Waals surface area (Å²) in [5.41, 5.74) is 0. The van der Waals surface area contributed by atoms with E-state index in [0.717, 1.165) is 77.0 Å². The van der Waals surface area contributed by atoms with Gasteiger partial charge in [0.05, 0.1) is 42.9 Å². The van der Waals surface area contributed by atoms with Crippen molar-refractivity contribution in [2.75, 3.05) is 13.1 Å². The minimum Gasteiger partial charge on any atom is -0.390 e. The summed E-state index contributed by atoms with van der Waals surface area (Å²) in [4.78, 5) is 37.5. The molecule has 0 aromatic heterocycles. The number of aliphatic hydroxyl groups excluding tert-OH is 1. The lowest BCUT2D eigenvalue weighted by Gasteiger charge is -2.48. The molecule has 0 saturated carbocycles. The zero-order valence-electron chi connectivity index (χ0n) is 29.8. The minimum absolute atomic E-state index is 0.0124. The number of carbonyl (C=O) groups is 3. The molecule has 0 aromatic carbocycles. The SMILES string of the molecule is C=C[C@H](C)CCC[C@@H]1CCC[C@]2(CC[C@H](C)[C@@H](CCCNC(=O)[C@@H](C)[C@@H](O)CNC(=O)C[C@@H]3OC(CC(=O)/C=C/C)CC[C@@H]3C)O2)O1. The number of hydrogen-bond donors (Lipinski definition) is 3. The number of allylic oxidation sites excluding steroid dienone is 3. The monoisotopic (exact) mass is 660 g/mol. The molecule has 47 heavy (non-hydrogen) atoms. The van der Waals surface area contributed by atoms with E-state index in [1.165, 1.54) is 0 Å². The van der Waals surface area contributed by atoms with E-state index in [9.17, 15) is 19.5 Å². The van der Waals surface area contributed by atoms with Crippen molar-refractivity contribution in [1.29, 1.82) is 0 Å². The quantitative estimate of drug-likeness (QED) is 0.0912. The molecule has 0 radical (unpaired) electrons. The number of nitrogens with one attached hydrogen (secondary N) is 2. The van der Waals surface area contributed by atoms with Crippen LogP contribution in [0.15, 0.2) is 24.8 Å². The van der Waals surface area contributed by atoms with Crippen molar-refractivity contribution < 1.29 is 33.7 Å². The Kier molecular flexibility index (Phi) is 16.6. The van der Waals surface area contributed by atoms with Crippen molar-refractivity contribution in [2.45, 2.75) is 161 Å². The van der Waals surface area contributed by atoms with Crippen molar-refractivity contribution in [2.24, 2.45) is 23.7 Å². The van der Waals surface area contributed by atoms with Gasteiger partial charge in [-0.2, -0.15) is 0 Å². The molecule has 3 N–H and O–H groups in total. The third kappa shape index (κ3) is 13.1. The number of hydrogen-bond acceptors (Lipinski definition) is 7. The highest BCUT2D eigenvalue weighted by atomic mass is 16.7. The maximum atomic E-state index is 12.8. The van der Waals surface area contributed by atoms with E-state index in [2.05, 4.69) is 38.0 Å². The largest absolute Gasteiger partial charge is 0.390 e. The highest BCUT2D eigenvalue weighted by Crippen LogP contribution is 2.43. The van der Waals surface area contributed by atoms with Crippen molar-refractivity contribution in [1.82, 2.24) is 10.6 Å². The lowest BCUT2D eigenvalue weighted by molar-refractivity contribution is -0.324. The van der Waals surface area contributed by atoms with Crippen LogP contribution in [0.5, 0.6) is 0 Å². The summed E-state index contributed by atoms with van der Waals surface area (Å²) in [7, 11) is 0. The summed E-state index contributed by atoms with van der Waals surface area (Å²) in [6.07, 6.45) is 16.5. The Hall–Kier alpha value is -2.07. The van der Waals surface area contributed by atoms with Gasteiger partial charge in [0.25, 0.3) is 0 Å². The molecule has 2 amide bonds. The van der Waals surface area contributed by atoms with Crippen LogP contribution in [0.3, 0.4) is 0 Å². The molecular formula is C38H64N2O7. The fourth-order valence-corrected chi connectivity index (χ4v) is 7.17. The molecule has 1 spiro atoms. The normalized spacial score (nSPS) is 31.6. The van der Waals surface area contributed by atoms with Gasteiger partial charge in [-0.25, -0.2) is 0 Å². The van der Waals surface area contributed by atoms with Crippen molar-refractivity contribution in [3.8, 4) is 0 Å². The number of ether oxygens (including phenoxy) is 3. The second-order valence-electron chi connectivity index (χ2n) is 14.7. The van der Waals surface area contributed by atoms with Gasteiger partial charge in [-0.15, -0.1) is 6.58 Å². The van der Waals surface area contributed by atoms with Crippen molar-refractivity contribution >= 4 is 17.6 Å². The fourth-order valence-electron chi connectivity index (χ4n) is 7.17. The maximum Gasteiger partial charge on any atom is 0.225 e. The lowest BCUT2D eigenvalue weighted by Crippen LogP contribution is -2.50. The van der Waals surface area contributed by atoms with Gasteiger partial charge in [-0.1, -0.05) is 46.3 Å². The fraction of sp³-hybridized carbons (Fsp3) is 0.816. The number of rotatable bonds is 18. The Morgan fingerprint density at radius 3 is 2.45 bits per heavy atom. The Morgan fingerprint density at radius 1 is 0.936 bits per heavy atom. The molecule has 0 bridgehead atoms. The van der Waals surface area contributed by atoms with Crippen LogP contribution in [0.4, 0.5) is 0 Å². The number of aliphatic hydroxyl groups is 1. The summed E-state index contributed by atoms with van der Waals surface area (Å²) in [6, 6.07) is 0. The first-order valence-electron chi connectivity index (χ1n) is 18.5. The molecule has 3 saturated heterocycles. The first kappa shape index (κ1) is 39.4. The molecule has 9 heteroatoms. The van der Waals surface area contributed by atoms with Gasteiger partial charge < -0.3 is 30.0 Å². The van der Waals surface area contributed by atoms with Crippen molar-refractivity contribution in [3.05, 3.63) is 24.8 Å². The topological polar surface area (TPSA) is 123 Å². The van der Waals surface area contributed by atoms with Gasteiger partial charge in [0.15, 0.2) is 11.6 Å². The van der Waals surface area contributed by atoms with Crippen LogP contribution in [0.2, 0.25) is 0 Å². The molecule has 10 atom stereocenters. The average Bonchev–Trinajstić information content (AvgIpc) is 3.04. The molecule has 0 aromatic rings. The summed E-state index contributed by atoms with van der Waals surface area (Å²) in [5.74, 6) is -0.404. The summed E-state index contributed by atoms with van der Waals surface area (Å²) < 4.78 is 19.4. The number of amides is 2. The van der Waals surface area contributed by atoms with E-state index in [1.54, 1.807) is 19.1 Å². The van der Waals surface area contributed by atoms with Gasteiger partial charge in [0, 0.05) is 32.4 Å². The first-order chi connectivity index (χ1) is 22.4. The molecule has 3 fully saturated rings. The molecule has 3 aliphatic heterocycles. The van der Waals surface area contributed by atoms with Crippen LogP contribution in [-0.2, 0) is 28.6 Å².